The molecule has 62 valence electrons. The van der Waals surface area contributed by atoms with Crippen LogP contribution in [0.1, 0.15) is 46.5 Å². The van der Waals surface area contributed by atoms with Crippen molar-refractivity contribution in [1.82, 2.24) is 0 Å². The van der Waals surface area contributed by atoms with E-state index >= 15 is 0 Å². The Morgan fingerprint density at radius 2 is 1.90 bits per heavy atom. The monoisotopic (exact) mass is 144 g/mol. The maximum Gasteiger partial charge on any atom is 0.0484 e. The standard InChI is InChI=1S/C9H20O/c1-4-6-7-9(3,5-2)8-10/h10H,4-8H2,1-3H3/t9-/m0/s1. The van der Waals surface area contributed by atoms with Crippen LogP contribution >= 0.6 is 0 Å². The van der Waals surface area contributed by atoms with Crippen LogP contribution < -0.4 is 0 Å². The molecule has 1 atom stereocenters. The van der Waals surface area contributed by atoms with E-state index in [0.717, 1.165) is 12.8 Å². The van der Waals surface area contributed by atoms with E-state index in [1.807, 2.05) is 0 Å². The fourth-order valence-corrected chi connectivity index (χ4v) is 0.971. The average molecular weight is 144 g/mol. The Hall–Kier alpha value is -0.0400. The summed E-state index contributed by atoms with van der Waals surface area (Å²) in [6, 6.07) is 0. The molecule has 0 aromatic rings. The van der Waals surface area contributed by atoms with Crippen molar-refractivity contribution >= 4 is 0 Å². The fraction of sp³-hybridized carbons (Fsp3) is 1.00. The second kappa shape index (κ2) is 4.73. The van der Waals surface area contributed by atoms with E-state index in [1.54, 1.807) is 0 Å². The molecular weight excluding hydrogens is 124 g/mol. The van der Waals surface area contributed by atoms with Gasteiger partial charge in [-0.05, 0) is 18.3 Å². The lowest BCUT2D eigenvalue weighted by Gasteiger charge is -2.24. The van der Waals surface area contributed by atoms with Gasteiger partial charge in [-0.3, -0.25) is 0 Å². The Labute approximate surface area is 64.5 Å². The zero-order valence-electron chi connectivity index (χ0n) is 7.48. The molecule has 0 aliphatic heterocycles. The Kier molecular flexibility index (Phi) is 4.71. The van der Waals surface area contributed by atoms with Gasteiger partial charge < -0.3 is 5.11 Å². The molecule has 1 N–H and O–H groups in total. The highest BCUT2D eigenvalue weighted by atomic mass is 16.3. The Bertz CT molecular complexity index is 74.8. The summed E-state index contributed by atoms with van der Waals surface area (Å²) in [4.78, 5) is 0. The summed E-state index contributed by atoms with van der Waals surface area (Å²) in [6.45, 7) is 6.82. The molecule has 0 bridgehead atoms. The SMILES string of the molecule is CCCC[C@](C)(CC)CO. The first-order valence-corrected chi connectivity index (χ1v) is 4.29. The molecule has 0 aliphatic carbocycles. The normalized spacial score (nSPS) is 16.8. The van der Waals surface area contributed by atoms with Crippen LogP contribution in [0.25, 0.3) is 0 Å². The van der Waals surface area contributed by atoms with Crippen LogP contribution in [0, 0.1) is 5.41 Å². The number of aliphatic hydroxyl groups is 1. The molecule has 0 saturated heterocycles. The summed E-state index contributed by atoms with van der Waals surface area (Å²) < 4.78 is 0. The molecule has 1 nitrogen and oxygen atoms in total. The highest BCUT2D eigenvalue weighted by molar-refractivity contribution is 4.70. The van der Waals surface area contributed by atoms with Gasteiger partial charge in [-0.25, -0.2) is 0 Å². The molecule has 1 heteroatoms. The summed E-state index contributed by atoms with van der Waals surface area (Å²) in [6.07, 6.45) is 4.72. The van der Waals surface area contributed by atoms with Gasteiger partial charge in [0.2, 0.25) is 0 Å². The van der Waals surface area contributed by atoms with Crippen LogP contribution in [0.5, 0.6) is 0 Å². The highest BCUT2D eigenvalue weighted by Gasteiger charge is 2.19. The first-order chi connectivity index (χ1) is 4.68. The molecule has 0 aromatic heterocycles. The molecule has 0 aliphatic rings. The number of rotatable bonds is 5. The van der Waals surface area contributed by atoms with E-state index < -0.39 is 0 Å². The van der Waals surface area contributed by atoms with Crippen LogP contribution in [0.3, 0.4) is 0 Å². The second-order valence-corrected chi connectivity index (χ2v) is 3.43. The number of unbranched alkanes of at least 4 members (excludes halogenated alkanes) is 1. The fourth-order valence-electron chi connectivity index (χ4n) is 0.971. The topological polar surface area (TPSA) is 20.2 Å². The van der Waals surface area contributed by atoms with E-state index in [-0.39, 0.29) is 5.41 Å². The van der Waals surface area contributed by atoms with E-state index in [1.165, 1.54) is 12.8 Å². The van der Waals surface area contributed by atoms with Gasteiger partial charge >= 0.3 is 0 Å². The minimum absolute atomic E-state index is 0.190. The molecule has 10 heavy (non-hydrogen) atoms. The molecule has 0 heterocycles. The van der Waals surface area contributed by atoms with Gasteiger partial charge in [0, 0.05) is 6.61 Å². The van der Waals surface area contributed by atoms with E-state index in [9.17, 15) is 0 Å². The second-order valence-electron chi connectivity index (χ2n) is 3.43. The molecule has 0 amide bonds. The third-order valence-electron chi connectivity index (χ3n) is 2.37. The zero-order valence-corrected chi connectivity index (χ0v) is 7.48. The maximum absolute atomic E-state index is 9.01. The number of hydrogen-bond acceptors (Lipinski definition) is 1. The molecule has 0 spiro atoms. The van der Waals surface area contributed by atoms with Crippen LogP contribution in [-0.2, 0) is 0 Å². The van der Waals surface area contributed by atoms with E-state index in [4.69, 9.17) is 5.11 Å². The lowest BCUT2D eigenvalue weighted by Crippen LogP contribution is -2.19. The molecule has 0 rings (SSSR count). The van der Waals surface area contributed by atoms with Gasteiger partial charge in [0.15, 0.2) is 0 Å². The largest absolute Gasteiger partial charge is 0.396 e. The lowest BCUT2D eigenvalue weighted by atomic mass is 9.83. The van der Waals surface area contributed by atoms with Crippen LogP contribution in [-0.4, -0.2) is 11.7 Å². The Balaban J connectivity index is 3.58. The van der Waals surface area contributed by atoms with Gasteiger partial charge in [-0.15, -0.1) is 0 Å². The molecule has 0 unspecified atom stereocenters. The lowest BCUT2D eigenvalue weighted by molar-refractivity contribution is 0.125. The smallest absolute Gasteiger partial charge is 0.0484 e. The Morgan fingerprint density at radius 1 is 1.30 bits per heavy atom. The minimum Gasteiger partial charge on any atom is -0.396 e. The van der Waals surface area contributed by atoms with Crippen molar-refractivity contribution in [2.24, 2.45) is 5.41 Å². The molecule has 0 aromatic carbocycles. The number of aliphatic hydroxyl groups excluding tert-OH is 1. The predicted octanol–water partition coefficient (Wildman–Crippen LogP) is 2.59. The minimum atomic E-state index is 0.190. The predicted molar refractivity (Wildman–Crippen MR) is 45.0 cm³/mol. The quantitative estimate of drug-likeness (QED) is 0.628. The highest BCUT2D eigenvalue weighted by Crippen LogP contribution is 2.26. The van der Waals surface area contributed by atoms with Gasteiger partial charge in [0.05, 0.1) is 0 Å². The van der Waals surface area contributed by atoms with Crippen molar-refractivity contribution in [2.75, 3.05) is 6.61 Å². The summed E-state index contributed by atoms with van der Waals surface area (Å²) in [5.74, 6) is 0. The zero-order chi connectivity index (χ0) is 8.04. The van der Waals surface area contributed by atoms with Crippen molar-refractivity contribution in [1.29, 1.82) is 0 Å². The van der Waals surface area contributed by atoms with Gasteiger partial charge in [0.25, 0.3) is 0 Å². The van der Waals surface area contributed by atoms with Gasteiger partial charge in [0.1, 0.15) is 0 Å². The summed E-state index contributed by atoms with van der Waals surface area (Å²) in [5.41, 5.74) is 0.190. The van der Waals surface area contributed by atoms with Crippen molar-refractivity contribution in [2.45, 2.75) is 46.5 Å². The van der Waals surface area contributed by atoms with Gasteiger partial charge in [-0.1, -0.05) is 33.6 Å². The third kappa shape index (κ3) is 3.21. The van der Waals surface area contributed by atoms with Gasteiger partial charge in [-0.2, -0.15) is 0 Å². The van der Waals surface area contributed by atoms with E-state index in [2.05, 4.69) is 20.8 Å². The Morgan fingerprint density at radius 3 is 2.20 bits per heavy atom. The van der Waals surface area contributed by atoms with Crippen molar-refractivity contribution in [3.8, 4) is 0 Å². The molecular formula is C9H20O. The maximum atomic E-state index is 9.01. The van der Waals surface area contributed by atoms with E-state index in [0.29, 0.717) is 6.61 Å². The summed E-state index contributed by atoms with van der Waals surface area (Å²) in [7, 11) is 0. The summed E-state index contributed by atoms with van der Waals surface area (Å²) in [5, 5.41) is 9.01. The summed E-state index contributed by atoms with van der Waals surface area (Å²) >= 11 is 0. The van der Waals surface area contributed by atoms with Crippen molar-refractivity contribution in [3.05, 3.63) is 0 Å². The first kappa shape index (κ1) is 9.96. The molecule has 0 saturated carbocycles. The first-order valence-electron chi connectivity index (χ1n) is 4.29. The van der Waals surface area contributed by atoms with Crippen LogP contribution in [0.2, 0.25) is 0 Å². The van der Waals surface area contributed by atoms with Crippen LogP contribution in [0.15, 0.2) is 0 Å². The van der Waals surface area contributed by atoms with Crippen LogP contribution in [0.4, 0.5) is 0 Å². The molecule has 0 radical (unpaired) electrons. The average Bonchev–Trinajstić information content (AvgIpc) is 2.00. The van der Waals surface area contributed by atoms with Crippen molar-refractivity contribution in [3.63, 3.8) is 0 Å². The number of hydrogen-bond donors (Lipinski definition) is 1. The molecule has 0 fully saturated rings. The van der Waals surface area contributed by atoms with Crippen molar-refractivity contribution < 1.29 is 5.11 Å². The third-order valence-corrected chi connectivity index (χ3v) is 2.37.